The van der Waals surface area contributed by atoms with Crippen LogP contribution in [0.15, 0.2) is 18.3 Å². The van der Waals surface area contributed by atoms with Gasteiger partial charge in [-0.3, -0.25) is 4.79 Å². The molecule has 120 valence electrons. The molecule has 1 saturated heterocycles. The molecule has 1 fully saturated rings. The second-order valence-corrected chi connectivity index (χ2v) is 5.02. The number of nitrogens with one attached hydrogen (secondary N) is 1. The van der Waals surface area contributed by atoms with Crippen LogP contribution in [0.4, 0.5) is 4.79 Å². The Labute approximate surface area is 129 Å². The summed E-state index contributed by atoms with van der Waals surface area (Å²) in [5, 5.41) is 2.98. The van der Waals surface area contributed by atoms with Crippen molar-refractivity contribution in [3.63, 3.8) is 0 Å². The predicted molar refractivity (Wildman–Crippen MR) is 79.9 cm³/mol. The van der Waals surface area contributed by atoms with E-state index >= 15 is 0 Å². The Morgan fingerprint density at radius 2 is 2.14 bits per heavy atom. The molecule has 1 aromatic rings. The summed E-state index contributed by atoms with van der Waals surface area (Å²) in [7, 11) is 1.51. The summed E-state index contributed by atoms with van der Waals surface area (Å²) in [5.41, 5.74) is 0.514. The van der Waals surface area contributed by atoms with Crippen molar-refractivity contribution in [3.8, 4) is 5.88 Å². The van der Waals surface area contributed by atoms with Gasteiger partial charge in [0.1, 0.15) is 0 Å². The van der Waals surface area contributed by atoms with E-state index in [-0.39, 0.29) is 18.0 Å². The predicted octanol–water partition coefficient (Wildman–Crippen LogP) is 1.44. The quantitative estimate of drug-likeness (QED) is 0.910. The van der Waals surface area contributed by atoms with Crippen LogP contribution < -0.4 is 10.1 Å². The number of hydrogen-bond donors (Lipinski definition) is 1. The number of aromatic nitrogens is 1. The SMILES string of the molecule is CCOC(=O)N1CCC(NC(=O)c2ccnc(OC)c2)CC1. The van der Waals surface area contributed by atoms with Gasteiger partial charge < -0.3 is 19.7 Å². The molecule has 0 aromatic carbocycles. The van der Waals surface area contributed by atoms with Gasteiger partial charge in [-0.25, -0.2) is 9.78 Å². The van der Waals surface area contributed by atoms with E-state index in [1.807, 2.05) is 0 Å². The highest BCUT2D eigenvalue weighted by molar-refractivity contribution is 5.94. The van der Waals surface area contributed by atoms with E-state index in [2.05, 4.69) is 10.3 Å². The second kappa shape index (κ2) is 7.63. The van der Waals surface area contributed by atoms with E-state index < -0.39 is 0 Å². The van der Waals surface area contributed by atoms with Crippen molar-refractivity contribution in [3.05, 3.63) is 23.9 Å². The summed E-state index contributed by atoms with van der Waals surface area (Å²) in [6.45, 7) is 3.33. The van der Waals surface area contributed by atoms with Crippen LogP contribution in [-0.4, -0.2) is 54.7 Å². The summed E-state index contributed by atoms with van der Waals surface area (Å²) in [6, 6.07) is 3.30. The number of likely N-dealkylation sites (tertiary alicyclic amines) is 1. The zero-order chi connectivity index (χ0) is 15.9. The third-order valence-corrected chi connectivity index (χ3v) is 3.56. The van der Waals surface area contributed by atoms with Crippen LogP contribution in [0.1, 0.15) is 30.1 Å². The first-order valence-electron chi connectivity index (χ1n) is 7.36. The lowest BCUT2D eigenvalue weighted by Crippen LogP contribution is -2.46. The molecule has 0 spiro atoms. The van der Waals surface area contributed by atoms with Gasteiger partial charge in [0, 0.05) is 37.0 Å². The fourth-order valence-electron chi connectivity index (χ4n) is 2.35. The molecule has 22 heavy (non-hydrogen) atoms. The number of ether oxygens (including phenoxy) is 2. The summed E-state index contributed by atoms with van der Waals surface area (Å²) in [5.74, 6) is 0.250. The molecule has 2 rings (SSSR count). The highest BCUT2D eigenvalue weighted by Gasteiger charge is 2.24. The van der Waals surface area contributed by atoms with Gasteiger partial charge in [0.25, 0.3) is 5.91 Å². The minimum atomic E-state index is -0.286. The molecule has 2 amide bonds. The highest BCUT2D eigenvalue weighted by Crippen LogP contribution is 2.13. The van der Waals surface area contributed by atoms with Gasteiger partial charge in [-0.1, -0.05) is 0 Å². The standard InChI is InChI=1S/C15H21N3O4/c1-3-22-15(20)18-8-5-12(6-9-18)17-14(19)11-4-7-16-13(10-11)21-2/h4,7,10,12H,3,5-6,8-9H2,1-2H3,(H,17,19). The van der Waals surface area contributed by atoms with Crippen molar-refractivity contribution in [1.82, 2.24) is 15.2 Å². The van der Waals surface area contributed by atoms with Gasteiger partial charge in [-0.15, -0.1) is 0 Å². The fraction of sp³-hybridized carbons (Fsp3) is 0.533. The van der Waals surface area contributed by atoms with Crippen molar-refractivity contribution in [2.45, 2.75) is 25.8 Å². The van der Waals surface area contributed by atoms with Crippen molar-refractivity contribution < 1.29 is 19.1 Å². The number of nitrogens with zero attached hydrogens (tertiary/aromatic N) is 2. The lowest BCUT2D eigenvalue weighted by atomic mass is 10.0. The Hall–Kier alpha value is -2.31. The fourth-order valence-corrected chi connectivity index (χ4v) is 2.35. The molecule has 1 aliphatic rings. The van der Waals surface area contributed by atoms with E-state index in [0.717, 1.165) is 0 Å². The Morgan fingerprint density at radius 3 is 2.77 bits per heavy atom. The molecule has 1 aliphatic heterocycles. The second-order valence-electron chi connectivity index (χ2n) is 5.02. The van der Waals surface area contributed by atoms with Crippen LogP contribution in [0.2, 0.25) is 0 Å². The average molecular weight is 307 g/mol. The van der Waals surface area contributed by atoms with Gasteiger partial charge in [0.05, 0.1) is 13.7 Å². The minimum Gasteiger partial charge on any atom is -0.481 e. The number of methoxy groups -OCH3 is 1. The Bertz CT molecular complexity index is 527. The number of pyridine rings is 1. The maximum absolute atomic E-state index is 12.2. The molecule has 7 nitrogen and oxygen atoms in total. The molecular formula is C15H21N3O4. The minimum absolute atomic E-state index is 0.0531. The lowest BCUT2D eigenvalue weighted by molar-refractivity contribution is 0.0859. The first kappa shape index (κ1) is 16.1. The zero-order valence-electron chi connectivity index (χ0n) is 12.9. The van der Waals surface area contributed by atoms with Gasteiger partial charge in [0.2, 0.25) is 5.88 Å². The average Bonchev–Trinajstić information content (AvgIpc) is 2.55. The Morgan fingerprint density at radius 1 is 1.41 bits per heavy atom. The number of piperidine rings is 1. The highest BCUT2D eigenvalue weighted by atomic mass is 16.6. The first-order valence-corrected chi connectivity index (χ1v) is 7.36. The molecule has 0 unspecified atom stereocenters. The Balaban J connectivity index is 1.85. The van der Waals surface area contributed by atoms with Gasteiger partial charge in [0.15, 0.2) is 0 Å². The van der Waals surface area contributed by atoms with Crippen LogP contribution >= 0.6 is 0 Å². The third-order valence-electron chi connectivity index (χ3n) is 3.56. The van der Waals surface area contributed by atoms with Crippen molar-refractivity contribution in [2.75, 3.05) is 26.8 Å². The van der Waals surface area contributed by atoms with Crippen LogP contribution in [0.25, 0.3) is 0 Å². The molecule has 1 aromatic heterocycles. The smallest absolute Gasteiger partial charge is 0.409 e. The molecule has 0 saturated carbocycles. The molecule has 0 aliphatic carbocycles. The molecule has 1 N–H and O–H groups in total. The van der Waals surface area contributed by atoms with Gasteiger partial charge >= 0.3 is 6.09 Å². The molecule has 0 bridgehead atoms. The number of carbonyl (C=O) groups excluding carboxylic acids is 2. The van der Waals surface area contributed by atoms with E-state index in [1.54, 1.807) is 24.0 Å². The molecule has 0 atom stereocenters. The van der Waals surface area contributed by atoms with Crippen LogP contribution in [0.5, 0.6) is 5.88 Å². The van der Waals surface area contributed by atoms with Gasteiger partial charge in [-0.2, -0.15) is 0 Å². The van der Waals surface area contributed by atoms with Crippen molar-refractivity contribution >= 4 is 12.0 Å². The molecular weight excluding hydrogens is 286 g/mol. The number of amides is 2. The summed E-state index contributed by atoms with van der Waals surface area (Å²) >= 11 is 0. The normalized spacial score (nSPS) is 15.3. The summed E-state index contributed by atoms with van der Waals surface area (Å²) < 4.78 is 9.98. The zero-order valence-corrected chi connectivity index (χ0v) is 12.9. The van der Waals surface area contributed by atoms with E-state index in [4.69, 9.17) is 9.47 Å². The van der Waals surface area contributed by atoms with Crippen molar-refractivity contribution in [1.29, 1.82) is 0 Å². The number of rotatable bonds is 4. The van der Waals surface area contributed by atoms with Crippen LogP contribution in [-0.2, 0) is 4.74 Å². The monoisotopic (exact) mass is 307 g/mol. The maximum atomic E-state index is 12.2. The largest absolute Gasteiger partial charge is 0.481 e. The molecule has 0 radical (unpaired) electrons. The molecule has 7 heteroatoms. The lowest BCUT2D eigenvalue weighted by Gasteiger charge is -2.31. The molecule has 2 heterocycles. The number of hydrogen-bond acceptors (Lipinski definition) is 5. The maximum Gasteiger partial charge on any atom is 0.409 e. The number of carbonyl (C=O) groups is 2. The van der Waals surface area contributed by atoms with Crippen LogP contribution in [0.3, 0.4) is 0 Å². The van der Waals surface area contributed by atoms with Crippen LogP contribution in [0, 0.1) is 0 Å². The van der Waals surface area contributed by atoms with Gasteiger partial charge in [-0.05, 0) is 25.8 Å². The van der Waals surface area contributed by atoms with E-state index in [1.165, 1.54) is 13.3 Å². The summed E-state index contributed by atoms with van der Waals surface area (Å²) in [4.78, 5) is 29.5. The Kier molecular flexibility index (Phi) is 5.57. The first-order chi connectivity index (χ1) is 10.6. The van der Waals surface area contributed by atoms with E-state index in [0.29, 0.717) is 44.0 Å². The van der Waals surface area contributed by atoms with Crippen molar-refractivity contribution in [2.24, 2.45) is 0 Å². The van der Waals surface area contributed by atoms with E-state index in [9.17, 15) is 9.59 Å². The summed E-state index contributed by atoms with van der Waals surface area (Å²) in [6.07, 6.45) is 2.68. The third kappa shape index (κ3) is 4.09. The topological polar surface area (TPSA) is 80.8 Å².